The summed E-state index contributed by atoms with van der Waals surface area (Å²) in [6, 6.07) is 11.3. The van der Waals surface area contributed by atoms with Crippen LogP contribution in [0.3, 0.4) is 0 Å². The van der Waals surface area contributed by atoms with Crippen molar-refractivity contribution in [2.75, 3.05) is 18.9 Å². The maximum Gasteiger partial charge on any atom is 0.243 e. The minimum absolute atomic E-state index is 0.0211. The van der Waals surface area contributed by atoms with Crippen molar-refractivity contribution in [1.29, 1.82) is 0 Å². The van der Waals surface area contributed by atoms with Crippen LogP contribution in [0.4, 0.5) is 5.69 Å². The molecule has 26 heavy (non-hydrogen) atoms. The lowest BCUT2D eigenvalue weighted by molar-refractivity contribution is -0.116. The number of carbonyl (C=O) groups excluding carboxylic acids is 2. The van der Waals surface area contributed by atoms with Crippen LogP contribution in [-0.2, 0) is 14.8 Å². The highest BCUT2D eigenvalue weighted by Gasteiger charge is 2.23. The number of anilines is 1. The fourth-order valence-corrected chi connectivity index (χ4v) is 3.59. The van der Waals surface area contributed by atoms with Gasteiger partial charge in [0, 0.05) is 18.3 Å². The number of hydrogen-bond acceptors (Lipinski definition) is 4. The van der Waals surface area contributed by atoms with E-state index in [9.17, 15) is 18.0 Å². The van der Waals surface area contributed by atoms with Gasteiger partial charge in [-0.25, -0.2) is 8.42 Å². The molecule has 6 nitrogen and oxygen atoms in total. The molecule has 2 rings (SSSR count). The van der Waals surface area contributed by atoms with Gasteiger partial charge in [0.05, 0.1) is 11.4 Å². The van der Waals surface area contributed by atoms with Gasteiger partial charge in [0.25, 0.3) is 0 Å². The molecule has 2 aromatic carbocycles. The zero-order valence-corrected chi connectivity index (χ0v) is 16.1. The third-order valence-electron chi connectivity index (χ3n) is 4.19. The topological polar surface area (TPSA) is 83.6 Å². The molecule has 0 heterocycles. The molecule has 138 valence electrons. The van der Waals surface area contributed by atoms with Gasteiger partial charge in [-0.2, -0.15) is 4.31 Å². The first-order valence-electron chi connectivity index (χ1n) is 8.06. The number of hydrogen-bond donors (Lipinski definition) is 1. The molecule has 0 unspecified atom stereocenters. The molecule has 0 saturated heterocycles. The predicted molar refractivity (Wildman–Crippen MR) is 101 cm³/mol. The van der Waals surface area contributed by atoms with Gasteiger partial charge in [0.2, 0.25) is 15.9 Å². The number of Topliss-reactive ketones (excluding diaryl/α,β-unsaturated/α-hetero) is 1. The molecule has 0 fully saturated rings. The Morgan fingerprint density at radius 3 is 2.38 bits per heavy atom. The Balaban J connectivity index is 2.16. The van der Waals surface area contributed by atoms with E-state index in [0.717, 1.165) is 15.4 Å². The fourth-order valence-electron chi connectivity index (χ4n) is 2.42. The average Bonchev–Trinajstić information content (AvgIpc) is 2.59. The predicted octanol–water partition coefficient (Wildman–Crippen LogP) is 2.77. The van der Waals surface area contributed by atoms with E-state index in [1.165, 1.54) is 32.2 Å². The first kappa shape index (κ1) is 19.8. The van der Waals surface area contributed by atoms with Crippen molar-refractivity contribution >= 4 is 27.4 Å². The molecule has 0 atom stereocenters. The summed E-state index contributed by atoms with van der Waals surface area (Å²) in [7, 11) is -2.55. The Hall–Kier alpha value is -2.51. The third-order valence-corrected chi connectivity index (χ3v) is 5.99. The number of amides is 1. The van der Waals surface area contributed by atoms with Crippen molar-refractivity contribution in [3.05, 3.63) is 59.2 Å². The van der Waals surface area contributed by atoms with E-state index < -0.39 is 15.9 Å². The van der Waals surface area contributed by atoms with E-state index in [2.05, 4.69) is 5.32 Å². The van der Waals surface area contributed by atoms with Gasteiger partial charge in [-0.3, -0.25) is 9.59 Å². The van der Waals surface area contributed by atoms with E-state index in [1.807, 2.05) is 26.0 Å². The highest BCUT2D eigenvalue weighted by molar-refractivity contribution is 7.89. The van der Waals surface area contributed by atoms with Gasteiger partial charge >= 0.3 is 0 Å². The molecule has 0 saturated carbocycles. The molecular weight excluding hydrogens is 352 g/mol. The van der Waals surface area contributed by atoms with Crippen molar-refractivity contribution < 1.29 is 18.0 Å². The van der Waals surface area contributed by atoms with E-state index in [-0.39, 0.29) is 17.2 Å². The zero-order valence-electron chi connectivity index (χ0n) is 15.2. The van der Waals surface area contributed by atoms with Crippen molar-refractivity contribution in [1.82, 2.24) is 4.31 Å². The van der Waals surface area contributed by atoms with Crippen LogP contribution in [0.5, 0.6) is 0 Å². The van der Waals surface area contributed by atoms with Crippen LogP contribution < -0.4 is 5.32 Å². The first-order valence-corrected chi connectivity index (χ1v) is 9.50. The molecular formula is C19H22N2O4S. The van der Waals surface area contributed by atoms with Crippen LogP contribution in [0.2, 0.25) is 0 Å². The summed E-state index contributed by atoms with van der Waals surface area (Å²) in [5, 5.41) is 2.74. The molecule has 0 aliphatic rings. The van der Waals surface area contributed by atoms with Gasteiger partial charge in [-0.1, -0.05) is 24.3 Å². The number of aryl methyl sites for hydroxylation is 1. The van der Waals surface area contributed by atoms with Crippen LogP contribution in [0.15, 0.2) is 47.4 Å². The molecule has 0 aliphatic carbocycles. The van der Waals surface area contributed by atoms with Crippen molar-refractivity contribution in [2.24, 2.45) is 0 Å². The SMILES string of the molecule is CC(=O)c1cccc(S(=O)(=O)N(C)CC(=O)Nc2cccc(C)c2C)c1. The number of likely N-dealkylation sites (N-methyl/N-ethyl adjacent to an activating group) is 1. The van der Waals surface area contributed by atoms with Crippen LogP contribution >= 0.6 is 0 Å². The summed E-state index contributed by atoms with van der Waals surface area (Å²) in [5.41, 5.74) is 2.92. The number of nitrogens with one attached hydrogen (secondary N) is 1. The number of carbonyl (C=O) groups is 2. The van der Waals surface area contributed by atoms with E-state index in [4.69, 9.17) is 0 Å². The molecule has 0 spiro atoms. The van der Waals surface area contributed by atoms with Gasteiger partial charge in [-0.05, 0) is 50.1 Å². The number of sulfonamides is 1. The fraction of sp³-hybridized carbons (Fsp3) is 0.263. The van der Waals surface area contributed by atoms with E-state index >= 15 is 0 Å². The quantitative estimate of drug-likeness (QED) is 0.788. The minimum atomic E-state index is -3.88. The lowest BCUT2D eigenvalue weighted by Gasteiger charge is -2.18. The van der Waals surface area contributed by atoms with Crippen LogP contribution in [0.25, 0.3) is 0 Å². The largest absolute Gasteiger partial charge is 0.325 e. The maximum absolute atomic E-state index is 12.7. The summed E-state index contributed by atoms with van der Waals surface area (Å²) < 4.78 is 26.3. The van der Waals surface area contributed by atoms with Crippen LogP contribution in [-0.4, -0.2) is 38.0 Å². The lowest BCUT2D eigenvalue weighted by Crippen LogP contribution is -2.35. The average molecular weight is 374 g/mol. The lowest BCUT2D eigenvalue weighted by atomic mass is 10.1. The van der Waals surface area contributed by atoms with Crippen LogP contribution in [0.1, 0.15) is 28.4 Å². The maximum atomic E-state index is 12.7. The minimum Gasteiger partial charge on any atom is -0.325 e. The number of ketones is 1. The Labute approximate surface area is 153 Å². The van der Waals surface area contributed by atoms with Gasteiger partial charge in [-0.15, -0.1) is 0 Å². The Morgan fingerprint density at radius 1 is 1.08 bits per heavy atom. The smallest absolute Gasteiger partial charge is 0.243 e. The summed E-state index contributed by atoms with van der Waals surface area (Å²) in [6.07, 6.45) is 0. The Bertz CT molecular complexity index is 952. The van der Waals surface area contributed by atoms with E-state index in [0.29, 0.717) is 11.3 Å². The molecule has 1 amide bonds. The molecule has 0 aromatic heterocycles. The molecule has 7 heteroatoms. The molecule has 2 aromatic rings. The molecule has 0 radical (unpaired) electrons. The second-order valence-electron chi connectivity index (χ2n) is 6.14. The molecule has 0 aliphatic heterocycles. The summed E-state index contributed by atoms with van der Waals surface area (Å²) in [6.45, 7) is 4.86. The van der Waals surface area contributed by atoms with E-state index in [1.54, 1.807) is 12.1 Å². The Kier molecular flexibility index (Phi) is 5.94. The first-order chi connectivity index (χ1) is 12.1. The molecule has 1 N–H and O–H groups in total. The number of benzene rings is 2. The van der Waals surface area contributed by atoms with Crippen LogP contribution in [0, 0.1) is 13.8 Å². The normalized spacial score (nSPS) is 11.4. The second-order valence-corrected chi connectivity index (χ2v) is 8.19. The van der Waals surface area contributed by atoms with Gasteiger partial charge in [0.1, 0.15) is 0 Å². The van der Waals surface area contributed by atoms with Gasteiger partial charge in [0.15, 0.2) is 5.78 Å². The molecule has 0 bridgehead atoms. The van der Waals surface area contributed by atoms with Gasteiger partial charge < -0.3 is 5.32 Å². The number of nitrogens with zero attached hydrogens (tertiary/aromatic N) is 1. The van der Waals surface area contributed by atoms with Crippen molar-refractivity contribution in [3.8, 4) is 0 Å². The standard InChI is InChI=1S/C19H22N2O4S/c1-13-7-5-10-18(14(13)2)20-19(23)12-21(4)26(24,25)17-9-6-8-16(11-17)15(3)22/h5-11H,12H2,1-4H3,(H,20,23). The monoisotopic (exact) mass is 374 g/mol. The summed E-state index contributed by atoms with van der Waals surface area (Å²) >= 11 is 0. The Morgan fingerprint density at radius 2 is 1.73 bits per heavy atom. The highest BCUT2D eigenvalue weighted by atomic mass is 32.2. The summed E-state index contributed by atoms with van der Waals surface area (Å²) in [4.78, 5) is 23.7. The third kappa shape index (κ3) is 4.36. The van der Waals surface area contributed by atoms with Crippen molar-refractivity contribution in [3.63, 3.8) is 0 Å². The summed E-state index contributed by atoms with van der Waals surface area (Å²) in [5.74, 6) is -0.662. The zero-order chi connectivity index (χ0) is 19.5. The number of rotatable bonds is 6. The van der Waals surface area contributed by atoms with Crippen molar-refractivity contribution in [2.45, 2.75) is 25.7 Å². The highest BCUT2D eigenvalue weighted by Crippen LogP contribution is 2.19. The second kappa shape index (κ2) is 7.80.